The summed E-state index contributed by atoms with van der Waals surface area (Å²) in [5.74, 6) is 0.757. The Kier molecular flexibility index (Phi) is 4.91. The van der Waals surface area contributed by atoms with Gasteiger partial charge in [-0.15, -0.1) is 0 Å². The lowest BCUT2D eigenvalue weighted by Gasteiger charge is -2.22. The van der Waals surface area contributed by atoms with Crippen LogP contribution in [0.15, 0.2) is 53.3 Å². The molecular formula is C21H24N2O2. The molecule has 0 amide bonds. The maximum Gasteiger partial charge on any atom is 0.258 e. The molecule has 0 aliphatic rings. The first-order chi connectivity index (χ1) is 12.1. The standard InChI is InChI=1S/C21H24N2O2/c1-5-22(2)14-19-20(15-9-7-6-8-10-15)18-13-16(25-4)11-12-17(18)21(24)23(19)3/h6-13H,5,14H2,1-4H3. The third-order valence-corrected chi connectivity index (χ3v) is 4.75. The minimum atomic E-state index is 0.0248. The molecule has 3 rings (SSSR count). The monoisotopic (exact) mass is 336 g/mol. The van der Waals surface area contributed by atoms with Gasteiger partial charge in [0.25, 0.3) is 5.56 Å². The predicted molar refractivity (Wildman–Crippen MR) is 103 cm³/mol. The van der Waals surface area contributed by atoms with Crippen molar-refractivity contribution in [1.29, 1.82) is 0 Å². The summed E-state index contributed by atoms with van der Waals surface area (Å²) >= 11 is 0. The molecule has 0 spiro atoms. The van der Waals surface area contributed by atoms with Gasteiger partial charge < -0.3 is 14.2 Å². The van der Waals surface area contributed by atoms with Crippen LogP contribution in [0.1, 0.15) is 12.6 Å². The number of fused-ring (bicyclic) bond motifs is 1. The van der Waals surface area contributed by atoms with Crippen molar-refractivity contribution < 1.29 is 4.74 Å². The van der Waals surface area contributed by atoms with Gasteiger partial charge in [-0.3, -0.25) is 4.79 Å². The third-order valence-electron chi connectivity index (χ3n) is 4.75. The van der Waals surface area contributed by atoms with E-state index in [1.165, 1.54) is 0 Å². The van der Waals surface area contributed by atoms with E-state index in [2.05, 4.69) is 31.0 Å². The van der Waals surface area contributed by atoms with Crippen LogP contribution in [0.25, 0.3) is 21.9 Å². The van der Waals surface area contributed by atoms with Gasteiger partial charge in [0.2, 0.25) is 0 Å². The van der Waals surface area contributed by atoms with Gasteiger partial charge in [0.1, 0.15) is 5.75 Å². The molecule has 0 unspecified atom stereocenters. The molecule has 0 aliphatic carbocycles. The van der Waals surface area contributed by atoms with Gasteiger partial charge >= 0.3 is 0 Å². The van der Waals surface area contributed by atoms with Crippen LogP contribution >= 0.6 is 0 Å². The van der Waals surface area contributed by atoms with Crippen LogP contribution in [0.5, 0.6) is 5.75 Å². The largest absolute Gasteiger partial charge is 0.497 e. The predicted octanol–water partition coefficient (Wildman–Crippen LogP) is 3.67. The molecule has 4 heteroatoms. The average Bonchev–Trinajstić information content (AvgIpc) is 2.66. The summed E-state index contributed by atoms with van der Waals surface area (Å²) in [6.45, 7) is 3.74. The maximum absolute atomic E-state index is 12.9. The van der Waals surface area contributed by atoms with E-state index in [4.69, 9.17) is 4.74 Å². The van der Waals surface area contributed by atoms with Crippen molar-refractivity contribution in [2.24, 2.45) is 7.05 Å². The van der Waals surface area contributed by atoms with Crippen LogP contribution in [-0.4, -0.2) is 30.2 Å². The number of hydrogen-bond acceptors (Lipinski definition) is 3. The van der Waals surface area contributed by atoms with E-state index in [-0.39, 0.29) is 5.56 Å². The van der Waals surface area contributed by atoms with E-state index in [0.717, 1.165) is 34.5 Å². The number of benzene rings is 2. The summed E-state index contributed by atoms with van der Waals surface area (Å²) < 4.78 is 7.19. The van der Waals surface area contributed by atoms with Crippen molar-refractivity contribution in [1.82, 2.24) is 9.47 Å². The molecule has 1 aromatic heterocycles. The van der Waals surface area contributed by atoms with Crippen molar-refractivity contribution in [3.8, 4) is 16.9 Å². The van der Waals surface area contributed by atoms with Crippen LogP contribution in [0.2, 0.25) is 0 Å². The normalized spacial score (nSPS) is 11.2. The van der Waals surface area contributed by atoms with Crippen molar-refractivity contribution in [3.05, 3.63) is 64.6 Å². The lowest BCUT2D eigenvalue weighted by atomic mass is 9.96. The van der Waals surface area contributed by atoms with Gasteiger partial charge in [0, 0.05) is 35.6 Å². The zero-order chi connectivity index (χ0) is 18.0. The smallest absolute Gasteiger partial charge is 0.258 e. The number of rotatable bonds is 5. The molecule has 1 heterocycles. The SMILES string of the molecule is CCN(C)Cc1c(-c2ccccc2)c2cc(OC)ccc2c(=O)n1C. The van der Waals surface area contributed by atoms with Gasteiger partial charge in [-0.25, -0.2) is 0 Å². The molecule has 0 bridgehead atoms. The second-order valence-electron chi connectivity index (χ2n) is 6.29. The Morgan fingerprint density at radius 3 is 2.44 bits per heavy atom. The van der Waals surface area contributed by atoms with Gasteiger partial charge in [-0.2, -0.15) is 0 Å². The van der Waals surface area contributed by atoms with E-state index in [9.17, 15) is 4.79 Å². The van der Waals surface area contributed by atoms with Crippen molar-refractivity contribution in [3.63, 3.8) is 0 Å². The number of ether oxygens (including phenoxy) is 1. The summed E-state index contributed by atoms with van der Waals surface area (Å²) in [6, 6.07) is 15.9. The number of hydrogen-bond donors (Lipinski definition) is 0. The summed E-state index contributed by atoms with van der Waals surface area (Å²) in [4.78, 5) is 15.1. The summed E-state index contributed by atoms with van der Waals surface area (Å²) in [6.07, 6.45) is 0. The minimum Gasteiger partial charge on any atom is -0.497 e. The Hall–Kier alpha value is -2.59. The fraction of sp³-hybridized carbons (Fsp3) is 0.286. The fourth-order valence-electron chi connectivity index (χ4n) is 3.15. The molecule has 0 radical (unpaired) electrons. The third kappa shape index (κ3) is 3.17. The molecule has 0 aliphatic heterocycles. The number of nitrogens with zero attached hydrogens (tertiary/aromatic N) is 2. The Morgan fingerprint density at radius 1 is 1.08 bits per heavy atom. The van der Waals surface area contributed by atoms with Crippen molar-refractivity contribution in [2.75, 3.05) is 20.7 Å². The second-order valence-corrected chi connectivity index (χ2v) is 6.29. The highest BCUT2D eigenvalue weighted by Gasteiger charge is 2.17. The van der Waals surface area contributed by atoms with E-state index >= 15 is 0 Å². The van der Waals surface area contributed by atoms with Crippen LogP contribution in [0.4, 0.5) is 0 Å². The van der Waals surface area contributed by atoms with Crippen LogP contribution < -0.4 is 10.3 Å². The summed E-state index contributed by atoms with van der Waals surface area (Å²) in [5.41, 5.74) is 3.24. The Labute approximate surface area is 148 Å². The van der Waals surface area contributed by atoms with Crippen LogP contribution in [0, 0.1) is 0 Å². The van der Waals surface area contributed by atoms with E-state index in [0.29, 0.717) is 11.9 Å². The molecule has 130 valence electrons. The Balaban J connectivity index is 2.42. The number of pyridine rings is 1. The topological polar surface area (TPSA) is 34.5 Å². The zero-order valence-electron chi connectivity index (χ0n) is 15.2. The Morgan fingerprint density at radius 2 is 1.80 bits per heavy atom. The molecule has 0 N–H and O–H groups in total. The maximum atomic E-state index is 12.9. The van der Waals surface area contributed by atoms with E-state index in [1.54, 1.807) is 11.7 Å². The molecule has 4 nitrogen and oxygen atoms in total. The lowest BCUT2D eigenvalue weighted by molar-refractivity contribution is 0.336. The second kappa shape index (κ2) is 7.11. The highest BCUT2D eigenvalue weighted by molar-refractivity contribution is 5.98. The Bertz CT molecular complexity index is 946. The fourth-order valence-corrected chi connectivity index (χ4v) is 3.15. The number of aromatic nitrogens is 1. The van der Waals surface area contributed by atoms with E-state index in [1.807, 2.05) is 43.4 Å². The molecular weight excluding hydrogens is 312 g/mol. The molecule has 0 fully saturated rings. The van der Waals surface area contributed by atoms with Crippen LogP contribution in [0.3, 0.4) is 0 Å². The zero-order valence-corrected chi connectivity index (χ0v) is 15.2. The average molecular weight is 336 g/mol. The van der Waals surface area contributed by atoms with Gasteiger partial charge in [0.15, 0.2) is 0 Å². The quantitative estimate of drug-likeness (QED) is 0.713. The highest BCUT2D eigenvalue weighted by Crippen LogP contribution is 2.33. The molecule has 3 aromatic rings. The first kappa shape index (κ1) is 17.2. The summed E-state index contributed by atoms with van der Waals surface area (Å²) in [5, 5.41) is 1.65. The van der Waals surface area contributed by atoms with Crippen LogP contribution in [-0.2, 0) is 13.6 Å². The lowest BCUT2D eigenvalue weighted by Crippen LogP contribution is -2.27. The van der Waals surface area contributed by atoms with E-state index < -0.39 is 0 Å². The molecule has 25 heavy (non-hydrogen) atoms. The van der Waals surface area contributed by atoms with Gasteiger partial charge in [-0.05, 0) is 37.4 Å². The highest BCUT2D eigenvalue weighted by atomic mass is 16.5. The molecule has 0 saturated carbocycles. The minimum absolute atomic E-state index is 0.0248. The summed E-state index contributed by atoms with van der Waals surface area (Å²) in [7, 11) is 5.57. The first-order valence-electron chi connectivity index (χ1n) is 8.50. The molecule has 0 atom stereocenters. The number of methoxy groups -OCH3 is 1. The first-order valence-corrected chi connectivity index (χ1v) is 8.50. The van der Waals surface area contributed by atoms with Crippen molar-refractivity contribution in [2.45, 2.75) is 13.5 Å². The van der Waals surface area contributed by atoms with Gasteiger partial charge in [0.05, 0.1) is 7.11 Å². The van der Waals surface area contributed by atoms with Gasteiger partial charge in [-0.1, -0.05) is 37.3 Å². The molecule has 0 saturated heterocycles. The molecule has 2 aromatic carbocycles. The van der Waals surface area contributed by atoms with Crippen molar-refractivity contribution >= 4 is 10.8 Å².